The number of para-hydroxylation sites is 1. The quantitative estimate of drug-likeness (QED) is 0.586. The van der Waals surface area contributed by atoms with Gasteiger partial charge in [-0.05, 0) is 43.3 Å². The minimum absolute atomic E-state index is 0.148. The van der Waals surface area contributed by atoms with Gasteiger partial charge in [0.1, 0.15) is 11.5 Å². The molecule has 7 nitrogen and oxygen atoms in total. The van der Waals surface area contributed by atoms with E-state index in [1.54, 1.807) is 31.2 Å². The van der Waals surface area contributed by atoms with Crippen molar-refractivity contribution in [1.29, 1.82) is 0 Å². The number of nitrogens with two attached hydrogens (primary N) is 1. The Balaban J connectivity index is 1.56. The summed E-state index contributed by atoms with van der Waals surface area (Å²) in [6.45, 7) is 1.78. The van der Waals surface area contributed by atoms with Gasteiger partial charge < -0.3 is 15.8 Å². The van der Waals surface area contributed by atoms with Gasteiger partial charge in [-0.3, -0.25) is 4.79 Å². The van der Waals surface area contributed by atoms with Crippen molar-refractivity contribution < 1.29 is 9.53 Å². The standard InChI is InChI=1S/C17H17N5O2S/c1-11(25-17-20-16(18)21-22-17)15(23)19-12-7-9-14(10-8-12)24-13-5-3-2-4-6-13/h2-11H,1H3,(H,19,23)(H3,18,20,21,22). The lowest BCUT2D eigenvalue weighted by atomic mass is 10.3. The highest BCUT2D eigenvalue weighted by atomic mass is 32.2. The lowest BCUT2D eigenvalue weighted by Crippen LogP contribution is -2.22. The average Bonchev–Trinajstić information content (AvgIpc) is 3.02. The summed E-state index contributed by atoms with van der Waals surface area (Å²) < 4.78 is 5.72. The highest BCUT2D eigenvalue weighted by Gasteiger charge is 2.17. The van der Waals surface area contributed by atoms with E-state index in [0.29, 0.717) is 16.6 Å². The lowest BCUT2D eigenvalue weighted by molar-refractivity contribution is -0.115. The number of benzene rings is 2. The second-order valence-electron chi connectivity index (χ2n) is 5.19. The van der Waals surface area contributed by atoms with E-state index in [-0.39, 0.29) is 17.1 Å². The second kappa shape index (κ2) is 7.71. The van der Waals surface area contributed by atoms with Gasteiger partial charge in [-0.1, -0.05) is 30.0 Å². The molecule has 128 valence electrons. The van der Waals surface area contributed by atoms with Crippen LogP contribution in [0.4, 0.5) is 11.6 Å². The van der Waals surface area contributed by atoms with Crippen LogP contribution in [0.3, 0.4) is 0 Å². The van der Waals surface area contributed by atoms with Crippen LogP contribution in [0.1, 0.15) is 6.92 Å². The molecule has 0 aliphatic carbocycles. The highest BCUT2D eigenvalue weighted by Crippen LogP contribution is 2.24. The van der Waals surface area contributed by atoms with Crippen molar-refractivity contribution in [3.63, 3.8) is 0 Å². The Kier molecular flexibility index (Phi) is 5.20. The number of nitrogens with one attached hydrogen (secondary N) is 2. The molecule has 2 aromatic carbocycles. The first kappa shape index (κ1) is 16.8. The predicted molar refractivity (Wildman–Crippen MR) is 97.7 cm³/mol. The largest absolute Gasteiger partial charge is 0.457 e. The Morgan fingerprint density at radius 2 is 1.84 bits per heavy atom. The number of anilines is 2. The van der Waals surface area contributed by atoms with E-state index in [1.807, 2.05) is 30.3 Å². The van der Waals surface area contributed by atoms with Crippen LogP contribution in [0.15, 0.2) is 59.8 Å². The fraction of sp³-hybridized carbons (Fsp3) is 0.118. The first-order valence-corrected chi connectivity index (χ1v) is 8.46. The molecule has 0 aliphatic heterocycles. The summed E-state index contributed by atoms with van der Waals surface area (Å²) >= 11 is 1.23. The van der Waals surface area contributed by atoms with E-state index >= 15 is 0 Å². The van der Waals surface area contributed by atoms with Gasteiger partial charge in [-0.25, -0.2) is 5.10 Å². The molecule has 0 saturated heterocycles. The van der Waals surface area contributed by atoms with Gasteiger partial charge in [0.15, 0.2) is 0 Å². The van der Waals surface area contributed by atoms with Crippen LogP contribution in [-0.4, -0.2) is 26.3 Å². The molecule has 25 heavy (non-hydrogen) atoms. The third-order valence-electron chi connectivity index (χ3n) is 3.23. The van der Waals surface area contributed by atoms with Crippen molar-refractivity contribution in [3.05, 3.63) is 54.6 Å². The number of aromatic amines is 1. The Morgan fingerprint density at radius 3 is 2.48 bits per heavy atom. The summed E-state index contributed by atoms with van der Waals surface area (Å²) in [6, 6.07) is 16.7. The molecular formula is C17H17N5O2S. The first-order chi connectivity index (χ1) is 12.1. The molecular weight excluding hydrogens is 338 g/mol. The smallest absolute Gasteiger partial charge is 0.237 e. The van der Waals surface area contributed by atoms with Gasteiger partial charge >= 0.3 is 0 Å². The topological polar surface area (TPSA) is 106 Å². The molecule has 0 saturated carbocycles. The Labute approximate surface area is 149 Å². The van der Waals surface area contributed by atoms with Crippen LogP contribution >= 0.6 is 11.8 Å². The maximum atomic E-state index is 12.2. The summed E-state index contributed by atoms with van der Waals surface area (Å²) in [4.78, 5) is 16.2. The van der Waals surface area contributed by atoms with Crippen LogP contribution in [0, 0.1) is 0 Å². The number of hydrogen-bond donors (Lipinski definition) is 3. The summed E-state index contributed by atoms with van der Waals surface area (Å²) in [5.41, 5.74) is 6.16. The number of aromatic nitrogens is 3. The molecule has 1 amide bonds. The van der Waals surface area contributed by atoms with E-state index in [1.165, 1.54) is 11.8 Å². The number of hydrogen-bond acceptors (Lipinski definition) is 6. The molecule has 3 aromatic rings. The molecule has 1 unspecified atom stereocenters. The summed E-state index contributed by atoms with van der Waals surface area (Å²) in [7, 11) is 0. The minimum atomic E-state index is -0.365. The van der Waals surface area contributed by atoms with Crippen molar-refractivity contribution in [2.24, 2.45) is 0 Å². The van der Waals surface area contributed by atoms with Gasteiger partial charge in [0, 0.05) is 5.69 Å². The molecule has 0 aliphatic rings. The van der Waals surface area contributed by atoms with E-state index in [0.717, 1.165) is 5.75 Å². The van der Waals surface area contributed by atoms with Crippen molar-refractivity contribution in [1.82, 2.24) is 15.2 Å². The van der Waals surface area contributed by atoms with Crippen molar-refractivity contribution in [2.75, 3.05) is 11.1 Å². The van der Waals surface area contributed by atoms with E-state index in [2.05, 4.69) is 20.5 Å². The monoisotopic (exact) mass is 355 g/mol. The van der Waals surface area contributed by atoms with Gasteiger partial charge in [0.05, 0.1) is 5.25 Å². The number of nitrogen functional groups attached to an aromatic ring is 1. The third kappa shape index (κ3) is 4.74. The molecule has 0 bridgehead atoms. The van der Waals surface area contributed by atoms with Crippen LogP contribution in [0.2, 0.25) is 0 Å². The molecule has 0 radical (unpaired) electrons. The number of amides is 1. The predicted octanol–water partition coefficient (Wildman–Crippen LogP) is 3.30. The van der Waals surface area contributed by atoms with Gasteiger partial charge in [0.2, 0.25) is 17.0 Å². The SMILES string of the molecule is CC(Sc1n[nH]c(N)n1)C(=O)Nc1ccc(Oc2ccccc2)cc1. The highest BCUT2D eigenvalue weighted by molar-refractivity contribution is 8.00. The van der Waals surface area contributed by atoms with Crippen LogP contribution in [0.25, 0.3) is 0 Å². The summed E-state index contributed by atoms with van der Waals surface area (Å²) in [5.74, 6) is 1.53. The summed E-state index contributed by atoms with van der Waals surface area (Å²) in [5, 5.41) is 9.36. The van der Waals surface area contributed by atoms with Crippen LogP contribution in [-0.2, 0) is 4.79 Å². The van der Waals surface area contributed by atoms with Gasteiger partial charge in [-0.15, -0.1) is 5.10 Å². The van der Waals surface area contributed by atoms with Gasteiger partial charge in [0.25, 0.3) is 0 Å². The average molecular weight is 355 g/mol. The number of carbonyl (C=O) groups excluding carboxylic acids is 1. The maximum Gasteiger partial charge on any atom is 0.237 e. The van der Waals surface area contributed by atoms with E-state index < -0.39 is 0 Å². The molecule has 1 heterocycles. The zero-order valence-corrected chi connectivity index (χ0v) is 14.3. The number of ether oxygens (including phenoxy) is 1. The molecule has 1 aromatic heterocycles. The molecule has 0 fully saturated rings. The normalized spacial score (nSPS) is 11.7. The molecule has 0 spiro atoms. The number of carbonyl (C=O) groups is 1. The number of H-pyrrole nitrogens is 1. The van der Waals surface area contributed by atoms with Crippen molar-refractivity contribution >= 4 is 29.3 Å². The maximum absolute atomic E-state index is 12.2. The molecule has 4 N–H and O–H groups in total. The third-order valence-corrected chi connectivity index (χ3v) is 4.20. The Bertz CT molecular complexity index is 836. The number of nitrogens with zero attached hydrogens (tertiary/aromatic N) is 2. The zero-order valence-electron chi connectivity index (χ0n) is 13.5. The Morgan fingerprint density at radius 1 is 1.16 bits per heavy atom. The van der Waals surface area contributed by atoms with E-state index in [9.17, 15) is 4.79 Å². The fourth-order valence-electron chi connectivity index (χ4n) is 2.00. The Hall–Kier alpha value is -3.00. The van der Waals surface area contributed by atoms with E-state index in [4.69, 9.17) is 10.5 Å². The number of thioether (sulfide) groups is 1. The van der Waals surface area contributed by atoms with Crippen LogP contribution < -0.4 is 15.8 Å². The molecule has 1 atom stereocenters. The summed E-state index contributed by atoms with van der Waals surface area (Å²) in [6.07, 6.45) is 0. The van der Waals surface area contributed by atoms with Crippen LogP contribution in [0.5, 0.6) is 11.5 Å². The number of rotatable bonds is 6. The fourth-order valence-corrected chi connectivity index (χ4v) is 2.73. The first-order valence-electron chi connectivity index (χ1n) is 7.58. The molecule has 8 heteroatoms. The zero-order chi connectivity index (χ0) is 17.6. The molecule has 3 rings (SSSR count). The van der Waals surface area contributed by atoms with Crippen molar-refractivity contribution in [2.45, 2.75) is 17.3 Å². The van der Waals surface area contributed by atoms with Crippen molar-refractivity contribution in [3.8, 4) is 11.5 Å². The second-order valence-corrected chi connectivity index (χ2v) is 6.50. The minimum Gasteiger partial charge on any atom is -0.457 e. The van der Waals surface area contributed by atoms with Gasteiger partial charge in [-0.2, -0.15) is 4.98 Å². The lowest BCUT2D eigenvalue weighted by Gasteiger charge is -2.11.